The minimum atomic E-state index is -0.711. The molecule has 0 fully saturated rings. The Kier molecular flexibility index (Phi) is 4.58. The number of ether oxygens (including phenoxy) is 1. The van der Waals surface area contributed by atoms with Gasteiger partial charge in [-0.2, -0.15) is 0 Å². The summed E-state index contributed by atoms with van der Waals surface area (Å²) in [5, 5.41) is 0.387. The Hall–Kier alpha value is -0.940. The fourth-order valence-corrected chi connectivity index (χ4v) is 2.42. The number of hydrogen-bond donors (Lipinski definition) is 0. The number of benzene rings is 2. The summed E-state index contributed by atoms with van der Waals surface area (Å²) in [6.45, 7) is 1.81. The van der Waals surface area contributed by atoms with Gasteiger partial charge in [-0.25, -0.2) is 8.78 Å². The maximum absolute atomic E-state index is 13.8. The molecule has 2 aromatic carbocycles. The monoisotopic (exact) mass is 390 g/mol. The SMILES string of the molecule is Cc1cc(Br)ccc1Oc1c(F)cc(CBr)cc1F. The summed E-state index contributed by atoms with van der Waals surface area (Å²) in [5.41, 5.74) is 1.31. The zero-order chi connectivity index (χ0) is 14.0. The van der Waals surface area contributed by atoms with Gasteiger partial charge in [-0.1, -0.05) is 31.9 Å². The third kappa shape index (κ3) is 3.34. The van der Waals surface area contributed by atoms with Crippen LogP contribution in [0, 0.1) is 18.6 Å². The van der Waals surface area contributed by atoms with Crippen molar-refractivity contribution in [1.29, 1.82) is 0 Å². The predicted molar refractivity (Wildman–Crippen MR) is 77.9 cm³/mol. The normalized spacial score (nSPS) is 10.6. The van der Waals surface area contributed by atoms with Gasteiger partial charge >= 0.3 is 0 Å². The number of hydrogen-bond acceptors (Lipinski definition) is 1. The molecule has 0 saturated heterocycles. The molecule has 0 amide bonds. The molecule has 19 heavy (non-hydrogen) atoms. The van der Waals surface area contributed by atoms with Crippen LogP contribution in [0.2, 0.25) is 0 Å². The molecule has 0 N–H and O–H groups in total. The second-order valence-electron chi connectivity index (χ2n) is 4.03. The van der Waals surface area contributed by atoms with Crippen LogP contribution in [-0.2, 0) is 5.33 Å². The van der Waals surface area contributed by atoms with E-state index in [9.17, 15) is 8.78 Å². The van der Waals surface area contributed by atoms with E-state index in [1.54, 1.807) is 12.1 Å². The van der Waals surface area contributed by atoms with E-state index >= 15 is 0 Å². The molecule has 0 aliphatic rings. The highest BCUT2D eigenvalue weighted by molar-refractivity contribution is 9.10. The van der Waals surface area contributed by atoms with Crippen molar-refractivity contribution < 1.29 is 13.5 Å². The van der Waals surface area contributed by atoms with E-state index in [0.717, 1.165) is 10.0 Å². The van der Waals surface area contributed by atoms with E-state index in [1.807, 2.05) is 13.0 Å². The summed E-state index contributed by atoms with van der Waals surface area (Å²) in [5.74, 6) is -1.38. The molecular formula is C14H10Br2F2O. The van der Waals surface area contributed by atoms with Crippen LogP contribution in [0.15, 0.2) is 34.8 Å². The van der Waals surface area contributed by atoms with Gasteiger partial charge in [-0.05, 0) is 48.4 Å². The Balaban J connectivity index is 2.38. The van der Waals surface area contributed by atoms with Gasteiger partial charge in [-0.15, -0.1) is 0 Å². The molecule has 0 aliphatic carbocycles. The average molecular weight is 392 g/mol. The molecule has 0 saturated carbocycles. The van der Waals surface area contributed by atoms with E-state index in [-0.39, 0.29) is 5.75 Å². The number of aryl methyl sites for hydroxylation is 1. The Bertz CT molecular complexity index is 591. The van der Waals surface area contributed by atoms with Crippen LogP contribution in [0.5, 0.6) is 11.5 Å². The largest absolute Gasteiger partial charge is 0.451 e. The van der Waals surface area contributed by atoms with Gasteiger partial charge in [-0.3, -0.25) is 0 Å². The molecule has 1 nitrogen and oxygen atoms in total. The summed E-state index contributed by atoms with van der Waals surface area (Å²) in [6.07, 6.45) is 0. The molecule has 0 spiro atoms. The Labute approximate surface area is 126 Å². The van der Waals surface area contributed by atoms with E-state index < -0.39 is 11.6 Å². The van der Waals surface area contributed by atoms with E-state index in [1.165, 1.54) is 12.1 Å². The molecule has 5 heteroatoms. The van der Waals surface area contributed by atoms with Crippen molar-refractivity contribution >= 4 is 31.9 Å². The molecule has 0 atom stereocenters. The maximum Gasteiger partial charge on any atom is 0.198 e. The molecule has 0 heterocycles. The third-order valence-electron chi connectivity index (χ3n) is 2.56. The van der Waals surface area contributed by atoms with Crippen molar-refractivity contribution in [3.63, 3.8) is 0 Å². The first-order valence-corrected chi connectivity index (χ1v) is 7.40. The smallest absolute Gasteiger partial charge is 0.198 e. The molecule has 0 bridgehead atoms. The van der Waals surface area contributed by atoms with Crippen LogP contribution in [-0.4, -0.2) is 0 Å². The quantitative estimate of drug-likeness (QED) is 0.607. The predicted octanol–water partition coefficient (Wildman–Crippen LogP) is 5.72. The lowest BCUT2D eigenvalue weighted by Gasteiger charge is -2.11. The number of halogens is 4. The first kappa shape index (κ1) is 14.5. The maximum atomic E-state index is 13.8. The standard InChI is InChI=1S/C14H10Br2F2O/c1-8-4-10(16)2-3-13(8)19-14-11(17)5-9(7-15)6-12(14)18/h2-6H,7H2,1H3. The lowest BCUT2D eigenvalue weighted by atomic mass is 10.2. The van der Waals surface area contributed by atoms with Crippen LogP contribution in [0.3, 0.4) is 0 Å². The Morgan fingerprint density at radius 3 is 2.26 bits per heavy atom. The second-order valence-corrected chi connectivity index (χ2v) is 5.51. The Morgan fingerprint density at radius 2 is 1.74 bits per heavy atom. The van der Waals surface area contributed by atoms with Crippen molar-refractivity contribution in [3.05, 3.63) is 57.6 Å². The van der Waals surface area contributed by atoms with Gasteiger partial charge in [0.05, 0.1) is 0 Å². The minimum absolute atomic E-state index is 0.380. The van der Waals surface area contributed by atoms with Gasteiger partial charge in [0.2, 0.25) is 0 Å². The van der Waals surface area contributed by atoms with Gasteiger partial charge in [0.25, 0.3) is 0 Å². The van der Waals surface area contributed by atoms with Crippen LogP contribution in [0.1, 0.15) is 11.1 Å². The van der Waals surface area contributed by atoms with Gasteiger partial charge in [0.15, 0.2) is 17.4 Å². The summed E-state index contributed by atoms with van der Waals surface area (Å²) >= 11 is 6.48. The van der Waals surface area contributed by atoms with E-state index in [4.69, 9.17) is 4.74 Å². The summed E-state index contributed by atoms with van der Waals surface area (Å²) in [6, 6.07) is 7.74. The lowest BCUT2D eigenvalue weighted by molar-refractivity contribution is 0.404. The van der Waals surface area contributed by atoms with E-state index in [2.05, 4.69) is 31.9 Å². The zero-order valence-electron chi connectivity index (χ0n) is 10.0. The molecule has 0 aromatic heterocycles. The van der Waals surface area contributed by atoms with Crippen LogP contribution in [0.4, 0.5) is 8.78 Å². The minimum Gasteiger partial charge on any atom is -0.451 e. The zero-order valence-corrected chi connectivity index (χ0v) is 13.2. The van der Waals surface area contributed by atoms with Crippen molar-refractivity contribution in [1.82, 2.24) is 0 Å². The fraction of sp³-hybridized carbons (Fsp3) is 0.143. The van der Waals surface area contributed by atoms with Crippen LogP contribution < -0.4 is 4.74 Å². The first-order valence-electron chi connectivity index (χ1n) is 5.49. The highest BCUT2D eigenvalue weighted by Gasteiger charge is 2.14. The fourth-order valence-electron chi connectivity index (χ4n) is 1.62. The van der Waals surface area contributed by atoms with Crippen molar-refractivity contribution in [2.75, 3.05) is 0 Å². The van der Waals surface area contributed by atoms with Crippen LogP contribution >= 0.6 is 31.9 Å². The van der Waals surface area contributed by atoms with Crippen LogP contribution in [0.25, 0.3) is 0 Å². The number of rotatable bonds is 3. The first-order chi connectivity index (χ1) is 9.01. The molecule has 0 radical (unpaired) electrons. The van der Waals surface area contributed by atoms with Gasteiger partial charge in [0.1, 0.15) is 5.75 Å². The molecule has 0 aliphatic heterocycles. The van der Waals surface area contributed by atoms with Crippen molar-refractivity contribution in [2.24, 2.45) is 0 Å². The van der Waals surface area contributed by atoms with Gasteiger partial charge < -0.3 is 4.74 Å². The van der Waals surface area contributed by atoms with Crippen molar-refractivity contribution in [3.8, 4) is 11.5 Å². The molecule has 0 unspecified atom stereocenters. The van der Waals surface area contributed by atoms with Gasteiger partial charge in [0, 0.05) is 9.80 Å². The third-order valence-corrected chi connectivity index (χ3v) is 3.70. The Morgan fingerprint density at radius 1 is 1.11 bits per heavy atom. The second kappa shape index (κ2) is 6.01. The highest BCUT2D eigenvalue weighted by Crippen LogP contribution is 2.32. The summed E-state index contributed by atoms with van der Waals surface area (Å²) in [4.78, 5) is 0. The molecular weight excluding hydrogens is 382 g/mol. The molecule has 2 rings (SSSR count). The highest BCUT2D eigenvalue weighted by atomic mass is 79.9. The lowest BCUT2D eigenvalue weighted by Crippen LogP contribution is -1.96. The summed E-state index contributed by atoms with van der Waals surface area (Å²) < 4.78 is 33.8. The molecule has 2 aromatic rings. The average Bonchev–Trinajstić information content (AvgIpc) is 2.35. The van der Waals surface area contributed by atoms with E-state index in [0.29, 0.717) is 16.6 Å². The van der Waals surface area contributed by atoms with Crippen molar-refractivity contribution in [2.45, 2.75) is 12.3 Å². The topological polar surface area (TPSA) is 9.23 Å². The number of alkyl halides is 1. The summed E-state index contributed by atoms with van der Waals surface area (Å²) in [7, 11) is 0. The molecule has 100 valence electrons.